The third-order valence-corrected chi connectivity index (χ3v) is 7.25. The van der Waals surface area contributed by atoms with Crippen LogP contribution in [-0.4, -0.2) is 6.61 Å². The van der Waals surface area contributed by atoms with Gasteiger partial charge in [-0.25, -0.2) is 0 Å². The van der Waals surface area contributed by atoms with Gasteiger partial charge in [0.25, 0.3) is 0 Å². The maximum absolute atomic E-state index is 5.75. The van der Waals surface area contributed by atoms with Gasteiger partial charge < -0.3 is 4.74 Å². The molecular weight excluding hydrogens is 316 g/mol. The van der Waals surface area contributed by atoms with Gasteiger partial charge in [-0.1, -0.05) is 58.6 Å². The Hall–Kier alpha value is -0.980. The summed E-state index contributed by atoms with van der Waals surface area (Å²) in [6.07, 6.45) is 14.2. The summed E-state index contributed by atoms with van der Waals surface area (Å²) >= 11 is 0. The van der Waals surface area contributed by atoms with Crippen molar-refractivity contribution in [1.29, 1.82) is 0 Å². The van der Waals surface area contributed by atoms with Crippen molar-refractivity contribution in [3.05, 3.63) is 29.8 Å². The minimum Gasteiger partial charge on any atom is -0.494 e. The smallest absolute Gasteiger partial charge is 0.119 e. The van der Waals surface area contributed by atoms with Gasteiger partial charge >= 0.3 is 0 Å². The molecule has 3 rings (SSSR count). The third-order valence-electron chi connectivity index (χ3n) is 7.25. The van der Waals surface area contributed by atoms with Crippen molar-refractivity contribution in [3.8, 4) is 5.75 Å². The van der Waals surface area contributed by atoms with Crippen molar-refractivity contribution in [2.45, 2.75) is 90.9 Å². The number of ether oxygens (including phenoxy) is 1. The van der Waals surface area contributed by atoms with E-state index in [0.29, 0.717) is 0 Å². The number of benzene rings is 1. The highest BCUT2D eigenvalue weighted by Crippen LogP contribution is 2.47. The highest BCUT2D eigenvalue weighted by atomic mass is 16.5. The molecule has 0 amide bonds. The van der Waals surface area contributed by atoms with Crippen LogP contribution in [0.15, 0.2) is 24.3 Å². The molecule has 2 fully saturated rings. The van der Waals surface area contributed by atoms with E-state index in [-0.39, 0.29) is 0 Å². The molecule has 0 heterocycles. The Morgan fingerprint density at radius 2 is 1.54 bits per heavy atom. The van der Waals surface area contributed by atoms with Crippen LogP contribution in [0.4, 0.5) is 0 Å². The van der Waals surface area contributed by atoms with E-state index < -0.39 is 0 Å². The highest BCUT2D eigenvalue weighted by molar-refractivity contribution is 5.30. The predicted octanol–water partition coefficient (Wildman–Crippen LogP) is 7.60. The molecule has 1 heteroatoms. The topological polar surface area (TPSA) is 9.23 Å². The van der Waals surface area contributed by atoms with E-state index in [1.165, 1.54) is 63.4 Å². The minimum absolute atomic E-state index is 0.753. The van der Waals surface area contributed by atoms with Gasteiger partial charge in [-0.15, -0.1) is 0 Å². The maximum Gasteiger partial charge on any atom is 0.119 e. The molecule has 0 saturated heterocycles. The molecular formula is C25H40O. The fraction of sp³-hybridized carbons (Fsp3) is 0.760. The van der Waals surface area contributed by atoms with Gasteiger partial charge in [-0.3, -0.25) is 0 Å². The summed E-state index contributed by atoms with van der Waals surface area (Å²) < 4.78 is 5.75. The lowest BCUT2D eigenvalue weighted by molar-refractivity contribution is 0.130. The Morgan fingerprint density at radius 1 is 0.846 bits per heavy atom. The van der Waals surface area contributed by atoms with E-state index in [4.69, 9.17) is 4.74 Å². The standard InChI is InChI=1S/C25H40O/c1-4-6-20-7-9-21(10-8-20)23-13-16-25(19(3)18-23)22-11-14-24(15-12-22)26-17-5-2/h11-12,14-15,19-21,23,25H,4-10,13,16-18H2,1-3H3. The summed E-state index contributed by atoms with van der Waals surface area (Å²) in [5, 5.41) is 0. The average molecular weight is 357 g/mol. The van der Waals surface area contributed by atoms with E-state index in [2.05, 4.69) is 45.0 Å². The molecule has 2 aliphatic rings. The maximum atomic E-state index is 5.75. The average Bonchev–Trinajstić information content (AvgIpc) is 2.68. The van der Waals surface area contributed by atoms with Crippen LogP contribution in [0.1, 0.15) is 96.5 Å². The first-order valence-corrected chi connectivity index (χ1v) is 11.4. The van der Waals surface area contributed by atoms with Gasteiger partial charge in [-0.2, -0.15) is 0 Å². The first-order chi connectivity index (χ1) is 12.7. The quantitative estimate of drug-likeness (QED) is 0.488. The highest BCUT2D eigenvalue weighted by Gasteiger charge is 2.34. The number of rotatable bonds is 7. The van der Waals surface area contributed by atoms with E-state index in [9.17, 15) is 0 Å². The Bertz CT molecular complexity index is 511. The van der Waals surface area contributed by atoms with Gasteiger partial charge in [0, 0.05) is 0 Å². The lowest BCUT2D eigenvalue weighted by Crippen LogP contribution is -2.29. The van der Waals surface area contributed by atoms with Crippen LogP contribution in [0.2, 0.25) is 0 Å². The molecule has 1 nitrogen and oxygen atoms in total. The van der Waals surface area contributed by atoms with E-state index >= 15 is 0 Å². The summed E-state index contributed by atoms with van der Waals surface area (Å²) in [6.45, 7) is 7.82. The van der Waals surface area contributed by atoms with E-state index in [1.54, 1.807) is 0 Å². The van der Waals surface area contributed by atoms with Crippen molar-refractivity contribution in [3.63, 3.8) is 0 Å². The van der Waals surface area contributed by atoms with Crippen LogP contribution < -0.4 is 4.74 Å². The minimum atomic E-state index is 0.753. The van der Waals surface area contributed by atoms with Gasteiger partial charge in [0.1, 0.15) is 5.75 Å². The number of hydrogen-bond acceptors (Lipinski definition) is 1. The zero-order chi connectivity index (χ0) is 18.4. The molecule has 0 aliphatic heterocycles. The van der Waals surface area contributed by atoms with Crippen molar-refractivity contribution in [2.24, 2.45) is 23.7 Å². The Kier molecular flexibility index (Phi) is 7.46. The largest absolute Gasteiger partial charge is 0.494 e. The lowest BCUT2D eigenvalue weighted by Gasteiger charge is -2.41. The van der Waals surface area contributed by atoms with Gasteiger partial charge in [0.05, 0.1) is 6.61 Å². The molecule has 1 aromatic carbocycles. The van der Waals surface area contributed by atoms with Crippen LogP contribution in [0.5, 0.6) is 5.75 Å². The Labute approximate surface area is 161 Å². The van der Waals surface area contributed by atoms with E-state index in [0.717, 1.165) is 48.4 Å². The van der Waals surface area contributed by atoms with Crippen LogP contribution >= 0.6 is 0 Å². The predicted molar refractivity (Wildman–Crippen MR) is 112 cm³/mol. The third kappa shape index (κ3) is 5.05. The van der Waals surface area contributed by atoms with Crippen LogP contribution in [0.3, 0.4) is 0 Å². The van der Waals surface area contributed by atoms with Crippen molar-refractivity contribution in [1.82, 2.24) is 0 Å². The van der Waals surface area contributed by atoms with Crippen LogP contribution in [-0.2, 0) is 0 Å². The normalized spacial score (nSPS) is 32.3. The Balaban J connectivity index is 1.50. The second kappa shape index (κ2) is 9.81. The van der Waals surface area contributed by atoms with Crippen molar-refractivity contribution in [2.75, 3.05) is 6.61 Å². The van der Waals surface area contributed by atoms with Crippen LogP contribution in [0, 0.1) is 23.7 Å². The molecule has 3 atom stereocenters. The Morgan fingerprint density at radius 3 is 2.15 bits per heavy atom. The summed E-state index contributed by atoms with van der Waals surface area (Å²) in [6, 6.07) is 9.00. The first kappa shape index (κ1) is 19.8. The zero-order valence-corrected chi connectivity index (χ0v) is 17.4. The second-order valence-corrected chi connectivity index (χ2v) is 9.14. The molecule has 0 bridgehead atoms. The molecule has 26 heavy (non-hydrogen) atoms. The fourth-order valence-corrected chi connectivity index (χ4v) is 5.75. The fourth-order valence-electron chi connectivity index (χ4n) is 5.75. The number of hydrogen-bond donors (Lipinski definition) is 0. The SMILES string of the molecule is CCCOc1ccc(C2CCC(C3CCC(CCC)CC3)CC2C)cc1. The summed E-state index contributed by atoms with van der Waals surface area (Å²) in [5.74, 6) is 5.67. The van der Waals surface area contributed by atoms with Gasteiger partial charge in [0.2, 0.25) is 0 Å². The van der Waals surface area contributed by atoms with Crippen molar-refractivity contribution >= 4 is 0 Å². The summed E-state index contributed by atoms with van der Waals surface area (Å²) in [5.41, 5.74) is 1.53. The van der Waals surface area contributed by atoms with E-state index in [1.807, 2.05) is 0 Å². The summed E-state index contributed by atoms with van der Waals surface area (Å²) in [7, 11) is 0. The molecule has 146 valence electrons. The molecule has 0 radical (unpaired) electrons. The monoisotopic (exact) mass is 356 g/mol. The summed E-state index contributed by atoms with van der Waals surface area (Å²) in [4.78, 5) is 0. The second-order valence-electron chi connectivity index (χ2n) is 9.14. The lowest BCUT2D eigenvalue weighted by atomic mass is 9.65. The molecule has 1 aromatic rings. The molecule has 0 spiro atoms. The molecule has 3 unspecified atom stereocenters. The molecule has 0 N–H and O–H groups in total. The van der Waals surface area contributed by atoms with Crippen LogP contribution in [0.25, 0.3) is 0 Å². The molecule has 2 saturated carbocycles. The first-order valence-electron chi connectivity index (χ1n) is 11.4. The molecule has 0 aromatic heterocycles. The molecule has 2 aliphatic carbocycles. The zero-order valence-electron chi connectivity index (χ0n) is 17.4. The van der Waals surface area contributed by atoms with Crippen molar-refractivity contribution < 1.29 is 4.74 Å². The van der Waals surface area contributed by atoms with Gasteiger partial charge in [0.15, 0.2) is 0 Å². The van der Waals surface area contributed by atoms with Gasteiger partial charge in [-0.05, 0) is 85.8 Å².